The standard InChI is InChI=1S/C11H22N2O2/c1-11(2,3)15-10(14)13(4)9-5-7-12-8-6-9/h9,12H,5-8H2,1-4H3/i4D. The molecule has 1 aliphatic rings. The van der Waals surface area contributed by atoms with Crippen LogP contribution in [0.4, 0.5) is 4.79 Å². The van der Waals surface area contributed by atoms with Crippen molar-refractivity contribution in [2.75, 3.05) is 20.1 Å². The van der Waals surface area contributed by atoms with Gasteiger partial charge in [0, 0.05) is 14.4 Å². The molecule has 1 N–H and O–H groups in total. The van der Waals surface area contributed by atoms with E-state index in [0.717, 1.165) is 25.9 Å². The van der Waals surface area contributed by atoms with Crippen LogP contribution in [0.3, 0.4) is 0 Å². The number of carbonyl (C=O) groups is 1. The van der Waals surface area contributed by atoms with Crippen LogP contribution < -0.4 is 5.32 Å². The Bertz CT molecular complexity index is 235. The van der Waals surface area contributed by atoms with Crippen LogP contribution in [0.15, 0.2) is 0 Å². The van der Waals surface area contributed by atoms with Crippen LogP contribution in [0.25, 0.3) is 0 Å². The van der Waals surface area contributed by atoms with Crippen LogP contribution in [-0.4, -0.2) is 42.7 Å². The zero-order valence-corrected chi connectivity index (χ0v) is 9.88. The van der Waals surface area contributed by atoms with E-state index in [1.54, 1.807) is 0 Å². The molecule has 1 fully saturated rings. The Labute approximate surface area is 93.4 Å². The van der Waals surface area contributed by atoms with Crippen molar-refractivity contribution in [1.29, 1.82) is 0 Å². The van der Waals surface area contributed by atoms with Gasteiger partial charge in [-0.25, -0.2) is 4.79 Å². The molecule has 1 amide bonds. The number of amides is 1. The van der Waals surface area contributed by atoms with Crippen molar-refractivity contribution in [2.45, 2.75) is 45.3 Å². The summed E-state index contributed by atoms with van der Waals surface area (Å²) in [6.07, 6.45) is 1.44. The highest BCUT2D eigenvalue weighted by molar-refractivity contribution is 5.68. The summed E-state index contributed by atoms with van der Waals surface area (Å²) in [6, 6.07) is 0.147. The molecule has 1 aliphatic heterocycles. The third kappa shape index (κ3) is 4.08. The molecule has 1 heterocycles. The van der Waals surface area contributed by atoms with E-state index in [-0.39, 0.29) is 19.2 Å². The molecule has 0 unspecified atom stereocenters. The van der Waals surface area contributed by atoms with Crippen molar-refractivity contribution in [2.24, 2.45) is 0 Å². The summed E-state index contributed by atoms with van der Waals surface area (Å²) in [5.74, 6) is 0. The Kier molecular flexibility index (Phi) is 3.46. The average molecular weight is 215 g/mol. The number of hydrogen-bond donors (Lipinski definition) is 1. The predicted molar refractivity (Wildman–Crippen MR) is 59.9 cm³/mol. The molecule has 4 nitrogen and oxygen atoms in total. The Hall–Kier alpha value is -0.770. The van der Waals surface area contributed by atoms with Crippen molar-refractivity contribution < 1.29 is 10.9 Å². The van der Waals surface area contributed by atoms with Crippen LogP contribution in [0.1, 0.15) is 35.0 Å². The van der Waals surface area contributed by atoms with Crippen LogP contribution in [0.5, 0.6) is 0 Å². The van der Waals surface area contributed by atoms with Crippen LogP contribution >= 0.6 is 0 Å². The van der Waals surface area contributed by atoms with E-state index < -0.39 is 5.60 Å². The Morgan fingerprint density at radius 2 is 2.07 bits per heavy atom. The molecular formula is C11H22N2O2. The molecule has 0 atom stereocenters. The highest BCUT2D eigenvalue weighted by Gasteiger charge is 2.26. The van der Waals surface area contributed by atoms with Gasteiger partial charge in [-0.3, -0.25) is 0 Å². The van der Waals surface area contributed by atoms with E-state index in [1.165, 1.54) is 4.90 Å². The lowest BCUT2D eigenvalue weighted by Gasteiger charge is -2.33. The van der Waals surface area contributed by atoms with Crippen molar-refractivity contribution in [1.82, 2.24) is 10.2 Å². The van der Waals surface area contributed by atoms with Crippen molar-refractivity contribution in [3.63, 3.8) is 0 Å². The number of nitrogens with zero attached hydrogens (tertiary/aromatic N) is 1. The highest BCUT2D eigenvalue weighted by atomic mass is 16.6. The fourth-order valence-electron chi connectivity index (χ4n) is 1.59. The molecule has 0 aliphatic carbocycles. The number of piperidine rings is 1. The Morgan fingerprint density at radius 1 is 1.47 bits per heavy atom. The summed E-state index contributed by atoms with van der Waals surface area (Å²) < 4.78 is 12.7. The second-order valence-corrected chi connectivity index (χ2v) is 4.93. The van der Waals surface area contributed by atoms with Gasteiger partial charge in [0.25, 0.3) is 0 Å². The lowest BCUT2D eigenvalue weighted by molar-refractivity contribution is 0.0195. The van der Waals surface area contributed by atoms with Crippen LogP contribution in [0, 0.1) is 0 Å². The Balaban J connectivity index is 2.55. The number of ether oxygens (including phenoxy) is 1. The predicted octanol–water partition coefficient (Wildman–Crippen LogP) is 1.61. The SMILES string of the molecule is [2H]CN(C(=O)OC(C)(C)C)C1CCNCC1. The average Bonchev–Trinajstić information content (AvgIpc) is 2.17. The lowest BCUT2D eigenvalue weighted by Crippen LogP contribution is -2.45. The number of nitrogens with one attached hydrogen (secondary N) is 1. The molecule has 0 aromatic carbocycles. The van der Waals surface area contributed by atoms with Gasteiger partial charge >= 0.3 is 6.09 Å². The minimum Gasteiger partial charge on any atom is -0.444 e. The molecular weight excluding hydrogens is 192 g/mol. The fourth-order valence-corrected chi connectivity index (χ4v) is 1.59. The number of rotatable bonds is 1. The first kappa shape index (κ1) is 10.7. The van der Waals surface area contributed by atoms with E-state index in [4.69, 9.17) is 6.11 Å². The normalized spacial score (nSPS) is 19.5. The smallest absolute Gasteiger partial charge is 0.410 e. The van der Waals surface area contributed by atoms with Gasteiger partial charge in [0.05, 0.1) is 0 Å². The summed E-state index contributed by atoms with van der Waals surface area (Å²) in [4.78, 5) is 13.4. The van der Waals surface area contributed by atoms with Crippen molar-refractivity contribution >= 4 is 6.09 Å². The Morgan fingerprint density at radius 3 is 2.53 bits per heavy atom. The summed E-state index contributed by atoms with van der Waals surface area (Å²) in [7, 11) is -0.0282. The lowest BCUT2D eigenvalue weighted by atomic mass is 10.1. The molecule has 88 valence electrons. The summed E-state index contributed by atoms with van der Waals surface area (Å²) in [6.45, 7) is 7.34. The van der Waals surface area contributed by atoms with Gasteiger partial charge in [0.15, 0.2) is 0 Å². The quantitative estimate of drug-likeness (QED) is 0.722. The van der Waals surface area contributed by atoms with Gasteiger partial charge < -0.3 is 15.0 Å². The summed E-state index contributed by atoms with van der Waals surface area (Å²) in [5.41, 5.74) is -0.489. The zero-order valence-electron chi connectivity index (χ0n) is 10.9. The molecule has 0 spiro atoms. The number of carbonyl (C=O) groups excluding carboxylic acids is 1. The molecule has 0 aromatic heterocycles. The van der Waals surface area contributed by atoms with E-state index in [0.29, 0.717) is 0 Å². The van der Waals surface area contributed by atoms with E-state index in [1.807, 2.05) is 20.8 Å². The van der Waals surface area contributed by atoms with Gasteiger partial charge in [-0.05, 0) is 46.7 Å². The maximum atomic E-state index is 11.9. The maximum absolute atomic E-state index is 11.9. The molecule has 1 rings (SSSR count). The topological polar surface area (TPSA) is 41.6 Å². The first-order chi connectivity index (χ1) is 7.44. The third-order valence-electron chi connectivity index (χ3n) is 2.38. The molecule has 0 saturated carbocycles. The van der Waals surface area contributed by atoms with Gasteiger partial charge in [-0.15, -0.1) is 0 Å². The molecule has 0 aromatic rings. The van der Waals surface area contributed by atoms with E-state index in [9.17, 15) is 4.79 Å². The van der Waals surface area contributed by atoms with Gasteiger partial charge in [-0.1, -0.05) is 0 Å². The first-order valence-electron chi connectivity index (χ1n) is 6.14. The molecule has 0 radical (unpaired) electrons. The molecule has 15 heavy (non-hydrogen) atoms. The van der Waals surface area contributed by atoms with Crippen LogP contribution in [-0.2, 0) is 4.74 Å². The summed E-state index contributed by atoms with van der Waals surface area (Å²) >= 11 is 0. The van der Waals surface area contributed by atoms with E-state index >= 15 is 0 Å². The minimum absolute atomic E-state index is 0.0282. The minimum atomic E-state index is -0.489. The molecule has 1 saturated heterocycles. The largest absolute Gasteiger partial charge is 0.444 e. The van der Waals surface area contributed by atoms with E-state index in [2.05, 4.69) is 5.32 Å². The fraction of sp³-hybridized carbons (Fsp3) is 0.909. The molecule has 4 heteroatoms. The second-order valence-electron chi connectivity index (χ2n) is 4.93. The zero-order chi connectivity index (χ0) is 12.2. The molecule has 0 bridgehead atoms. The van der Waals surface area contributed by atoms with Crippen LogP contribution in [0.2, 0.25) is 0 Å². The highest BCUT2D eigenvalue weighted by Crippen LogP contribution is 2.14. The van der Waals surface area contributed by atoms with Crippen molar-refractivity contribution in [3.8, 4) is 0 Å². The number of hydrogen-bond acceptors (Lipinski definition) is 3. The van der Waals surface area contributed by atoms with Gasteiger partial charge in [0.1, 0.15) is 5.60 Å². The van der Waals surface area contributed by atoms with Crippen molar-refractivity contribution in [3.05, 3.63) is 0 Å². The van der Waals surface area contributed by atoms with Gasteiger partial charge in [0.2, 0.25) is 0 Å². The first-order valence-corrected chi connectivity index (χ1v) is 5.43. The third-order valence-corrected chi connectivity index (χ3v) is 2.38. The second kappa shape index (κ2) is 4.84. The summed E-state index contributed by atoms with van der Waals surface area (Å²) in [5, 5.41) is 3.24. The maximum Gasteiger partial charge on any atom is 0.410 e. The monoisotopic (exact) mass is 215 g/mol. The van der Waals surface area contributed by atoms with Gasteiger partial charge in [-0.2, -0.15) is 0 Å².